The Labute approximate surface area is 137 Å². The number of carbonyl (C=O) groups is 4. The van der Waals surface area contributed by atoms with Crippen LogP contribution in [0.3, 0.4) is 0 Å². The quantitative estimate of drug-likeness (QED) is 0.472. The molecule has 0 aliphatic carbocycles. The molecular formula is C12H20N4O8. The van der Waals surface area contributed by atoms with E-state index in [2.05, 4.69) is 0 Å². The average molecular weight is 348 g/mol. The van der Waals surface area contributed by atoms with Gasteiger partial charge in [0.2, 0.25) is 0 Å². The Kier molecular flexibility index (Phi) is 6.89. The molecule has 0 aromatic carbocycles. The molecule has 24 heavy (non-hydrogen) atoms. The van der Waals surface area contributed by atoms with Crippen LogP contribution >= 0.6 is 0 Å². The summed E-state index contributed by atoms with van der Waals surface area (Å²) >= 11 is 0. The first-order chi connectivity index (χ1) is 11.2. The lowest BCUT2D eigenvalue weighted by molar-refractivity contribution is 0.0941. The van der Waals surface area contributed by atoms with Gasteiger partial charge in [-0.05, 0) is 0 Å². The first-order valence-corrected chi connectivity index (χ1v) is 7.14. The van der Waals surface area contributed by atoms with E-state index in [1.165, 1.54) is 0 Å². The Morgan fingerprint density at radius 1 is 0.417 bits per heavy atom. The molecule has 12 nitrogen and oxygen atoms in total. The predicted molar refractivity (Wildman–Crippen MR) is 78.4 cm³/mol. The molecule has 1 heterocycles. The lowest BCUT2D eigenvalue weighted by Gasteiger charge is -2.31. The van der Waals surface area contributed by atoms with Crippen LogP contribution in [0.15, 0.2) is 0 Å². The summed E-state index contributed by atoms with van der Waals surface area (Å²) in [4.78, 5) is 48.4. The lowest BCUT2D eigenvalue weighted by Crippen LogP contribution is -2.49. The third kappa shape index (κ3) is 5.70. The monoisotopic (exact) mass is 348 g/mol. The third-order valence-corrected chi connectivity index (χ3v) is 3.64. The van der Waals surface area contributed by atoms with Crippen molar-refractivity contribution in [1.29, 1.82) is 0 Å². The molecule has 1 saturated heterocycles. The van der Waals surface area contributed by atoms with Crippen molar-refractivity contribution in [2.24, 2.45) is 0 Å². The van der Waals surface area contributed by atoms with Crippen LogP contribution in [0.4, 0.5) is 19.2 Å². The molecule has 4 N–H and O–H groups in total. The maximum Gasteiger partial charge on any atom is 0.407 e. The van der Waals surface area contributed by atoms with E-state index in [1.807, 2.05) is 0 Å². The number of carboxylic acid groups (broad SMARTS) is 4. The molecule has 0 spiro atoms. The number of nitrogens with zero attached hydrogens (tertiary/aromatic N) is 4. The smallest absolute Gasteiger partial charge is 0.407 e. The zero-order chi connectivity index (χ0) is 18.3. The van der Waals surface area contributed by atoms with E-state index < -0.39 is 24.4 Å². The fourth-order valence-corrected chi connectivity index (χ4v) is 2.18. The Morgan fingerprint density at radius 2 is 0.542 bits per heavy atom. The van der Waals surface area contributed by atoms with Crippen LogP contribution in [0, 0.1) is 0 Å². The SMILES string of the molecule is O=C(O)N1CCN(C(=O)O)CCN(C(=O)O)CCN(C(=O)O)CC1. The van der Waals surface area contributed by atoms with Gasteiger partial charge in [0, 0.05) is 52.4 Å². The molecule has 0 radical (unpaired) electrons. The van der Waals surface area contributed by atoms with Gasteiger partial charge in [0.1, 0.15) is 0 Å². The van der Waals surface area contributed by atoms with Gasteiger partial charge in [-0.3, -0.25) is 0 Å². The molecule has 0 unspecified atom stereocenters. The van der Waals surface area contributed by atoms with E-state index in [1.54, 1.807) is 0 Å². The number of amides is 4. The highest BCUT2D eigenvalue weighted by molar-refractivity contribution is 5.68. The summed E-state index contributed by atoms with van der Waals surface area (Å²) in [6, 6.07) is 0. The number of rotatable bonds is 0. The van der Waals surface area contributed by atoms with Crippen LogP contribution in [0.2, 0.25) is 0 Å². The minimum absolute atomic E-state index is 0.137. The summed E-state index contributed by atoms with van der Waals surface area (Å²) in [5.41, 5.74) is 0. The van der Waals surface area contributed by atoms with Crippen molar-refractivity contribution < 1.29 is 39.6 Å². The van der Waals surface area contributed by atoms with Crippen LogP contribution in [0.25, 0.3) is 0 Å². The molecule has 1 fully saturated rings. The summed E-state index contributed by atoms with van der Waals surface area (Å²) < 4.78 is 0. The summed E-state index contributed by atoms with van der Waals surface area (Å²) in [6.07, 6.45) is -5.13. The summed E-state index contributed by atoms with van der Waals surface area (Å²) in [6.45, 7) is -1.09. The Hall–Kier alpha value is -2.92. The van der Waals surface area contributed by atoms with Crippen LogP contribution < -0.4 is 0 Å². The van der Waals surface area contributed by atoms with Crippen LogP contribution in [0.5, 0.6) is 0 Å². The predicted octanol–water partition coefficient (Wildman–Crippen LogP) is -0.0800. The maximum atomic E-state index is 11.2. The topological polar surface area (TPSA) is 162 Å². The van der Waals surface area contributed by atoms with Gasteiger partial charge >= 0.3 is 24.4 Å². The summed E-state index contributed by atoms with van der Waals surface area (Å²) in [5, 5.41) is 36.5. The van der Waals surface area contributed by atoms with E-state index in [-0.39, 0.29) is 52.4 Å². The Bertz CT molecular complexity index is 395. The molecular weight excluding hydrogens is 328 g/mol. The summed E-state index contributed by atoms with van der Waals surface area (Å²) in [5.74, 6) is 0. The molecule has 1 aliphatic rings. The third-order valence-electron chi connectivity index (χ3n) is 3.64. The van der Waals surface area contributed by atoms with Crippen molar-refractivity contribution in [3.63, 3.8) is 0 Å². The molecule has 136 valence electrons. The highest BCUT2D eigenvalue weighted by Gasteiger charge is 2.23. The van der Waals surface area contributed by atoms with Gasteiger partial charge in [-0.2, -0.15) is 0 Å². The van der Waals surface area contributed by atoms with Gasteiger partial charge in [0.25, 0.3) is 0 Å². The molecule has 0 aromatic heterocycles. The second kappa shape index (κ2) is 8.64. The van der Waals surface area contributed by atoms with Gasteiger partial charge in [-0.25, -0.2) is 19.2 Å². The highest BCUT2D eigenvalue weighted by Crippen LogP contribution is 2.02. The van der Waals surface area contributed by atoms with Crippen molar-refractivity contribution in [2.45, 2.75) is 0 Å². The Balaban J connectivity index is 2.92. The van der Waals surface area contributed by atoms with Crippen molar-refractivity contribution in [3.05, 3.63) is 0 Å². The summed E-state index contributed by atoms with van der Waals surface area (Å²) in [7, 11) is 0. The van der Waals surface area contributed by atoms with Crippen molar-refractivity contribution >= 4 is 24.4 Å². The molecule has 0 atom stereocenters. The van der Waals surface area contributed by atoms with E-state index in [0.29, 0.717) is 0 Å². The van der Waals surface area contributed by atoms with Crippen LogP contribution in [-0.2, 0) is 0 Å². The fourth-order valence-electron chi connectivity index (χ4n) is 2.18. The average Bonchev–Trinajstić information content (AvgIpc) is 2.46. The molecule has 0 aromatic rings. The van der Waals surface area contributed by atoms with Gasteiger partial charge in [0.05, 0.1) is 0 Å². The minimum atomic E-state index is -1.28. The van der Waals surface area contributed by atoms with Gasteiger partial charge in [-0.15, -0.1) is 0 Å². The minimum Gasteiger partial charge on any atom is -0.465 e. The van der Waals surface area contributed by atoms with Crippen molar-refractivity contribution in [3.8, 4) is 0 Å². The largest absolute Gasteiger partial charge is 0.465 e. The second-order valence-electron chi connectivity index (χ2n) is 5.08. The number of hydrogen-bond acceptors (Lipinski definition) is 4. The first kappa shape index (κ1) is 19.1. The molecule has 1 aliphatic heterocycles. The fraction of sp³-hybridized carbons (Fsp3) is 0.667. The second-order valence-corrected chi connectivity index (χ2v) is 5.08. The molecule has 12 heteroatoms. The zero-order valence-electron chi connectivity index (χ0n) is 12.9. The molecule has 4 amide bonds. The highest BCUT2D eigenvalue weighted by atomic mass is 16.4. The van der Waals surface area contributed by atoms with Gasteiger partial charge in [0.15, 0.2) is 0 Å². The molecule has 0 bridgehead atoms. The van der Waals surface area contributed by atoms with E-state index in [4.69, 9.17) is 20.4 Å². The molecule has 0 saturated carbocycles. The van der Waals surface area contributed by atoms with E-state index >= 15 is 0 Å². The molecule has 1 rings (SSSR count). The number of hydrogen-bond donors (Lipinski definition) is 4. The maximum absolute atomic E-state index is 11.2. The van der Waals surface area contributed by atoms with Gasteiger partial charge < -0.3 is 40.0 Å². The lowest BCUT2D eigenvalue weighted by atomic mass is 10.3. The standard InChI is InChI=1S/C12H20N4O8/c17-9(18)13-1-2-14(10(19)20)5-6-16(12(23)24)8-7-15(4-3-13)11(21)22/h1-8H2,(H,17,18)(H,19,20)(H,21,22)(H,23,24). The zero-order valence-corrected chi connectivity index (χ0v) is 12.9. The Morgan fingerprint density at radius 3 is 0.625 bits per heavy atom. The normalized spacial score (nSPS) is 17.7. The van der Waals surface area contributed by atoms with E-state index in [9.17, 15) is 19.2 Å². The van der Waals surface area contributed by atoms with Gasteiger partial charge in [-0.1, -0.05) is 0 Å². The van der Waals surface area contributed by atoms with Crippen LogP contribution in [0.1, 0.15) is 0 Å². The first-order valence-electron chi connectivity index (χ1n) is 7.14. The van der Waals surface area contributed by atoms with Crippen molar-refractivity contribution in [2.75, 3.05) is 52.4 Å². The van der Waals surface area contributed by atoms with E-state index in [0.717, 1.165) is 19.6 Å². The van der Waals surface area contributed by atoms with Crippen LogP contribution in [-0.4, -0.2) is 117 Å². The van der Waals surface area contributed by atoms with Crippen molar-refractivity contribution in [1.82, 2.24) is 19.6 Å².